The molecule has 3 nitrogen and oxygen atoms in total. The van der Waals surface area contributed by atoms with Gasteiger partial charge in [0.1, 0.15) is 0 Å². The van der Waals surface area contributed by atoms with E-state index in [-0.39, 0.29) is 0 Å². The lowest BCUT2D eigenvalue weighted by Gasteiger charge is -2.11. The normalized spacial score (nSPS) is 11.8. The first kappa shape index (κ1) is 17.3. The van der Waals surface area contributed by atoms with Crippen molar-refractivity contribution in [3.63, 3.8) is 0 Å². The highest BCUT2D eigenvalue weighted by Gasteiger charge is 2.16. The summed E-state index contributed by atoms with van der Waals surface area (Å²) in [6, 6.07) is 38.7. The number of fused-ring (bicyclic) bond motifs is 6. The second kappa shape index (κ2) is 6.56. The molecule has 7 aromatic rings. The molecule has 3 heteroatoms. The number of para-hydroxylation sites is 3. The molecule has 7 rings (SSSR count). The molecule has 0 spiro atoms. The van der Waals surface area contributed by atoms with Crippen LogP contribution in [0.2, 0.25) is 0 Å². The van der Waals surface area contributed by atoms with Gasteiger partial charge in [0, 0.05) is 33.7 Å². The Morgan fingerprint density at radius 3 is 1.81 bits per heavy atom. The average molecular weight is 409 g/mol. The van der Waals surface area contributed by atoms with Crippen LogP contribution >= 0.6 is 0 Å². The van der Waals surface area contributed by atoms with Crippen LogP contribution in [-0.4, -0.2) is 14.1 Å². The second-order valence-corrected chi connectivity index (χ2v) is 8.11. The van der Waals surface area contributed by atoms with Crippen LogP contribution in [0.15, 0.2) is 115 Å². The van der Waals surface area contributed by atoms with E-state index in [0.717, 1.165) is 33.3 Å². The molecule has 0 bridgehead atoms. The molecular weight excluding hydrogens is 390 g/mol. The van der Waals surface area contributed by atoms with Crippen molar-refractivity contribution in [1.82, 2.24) is 14.1 Å². The summed E-state index contributed by atoms with van der Waals surface area (Å²) in [4.78, 5) is 4.72. The van der Waals surface area contributed by atoms with Gasteiger partial charge in [-0.2, -0.15) is 0 Å². The largest absolute Gasteiger partial charge is 0.309 e. The third kappa shape index (κ3) is 2.33. The summed E-state index contributed by atoms with van der Waals surface area (Å²) in [5.41, 5.74) is 8.02. The average Bonchev–Trinajstić information content (AvgIpc) is 3.37. The maximum Gasteiger partial charge on any atom is 0.0963 e. The molecule has 0 saturated heterocycles. The minimum absolute atomic E-state index is 1.03. The van der Waals surface area contributed by atoms with Crippen LogP contribution < -0.4 is 0 Å². The third-order valence-electron chi connectivity index (χ3n) is 6.36. The zero-order valence-corrected chi connectivity index (χ0v) is 17.3. The fraction of sp³-hybridized carbons (Fsp3) is 0. The van der Waals surface area contributed by atoms with Crippen molar-refractivity contribution >= 4 is 43.7 Å². The van der Waals surface area contributed by atoms with Gasteiger partial charge in [-0.1, -0.05) is 54.6 Å². The number of nitrogens with zero attached hydrogens (tertiary/aromatic N) is 3. The Morgan fingerprint density at radius 1 is 0.438 bits per heavy atom. The lowest BCUT2D eigenvalue weighted by Crippen LogP contribution is -1.96. The number of hydrogen-bond donors (Lipinski definition) is 0. The van der Waals surface area contributed by atoms with E-state index in [1.807, 2.05) is 12.3 Å². The summed E-state index contributed by atoms with van der Waals surface area (Å²) in [5, 5.41) is 3.70. The summed E-state index contributed by atoms with van der Waals surface area (Å²) in [6.07, 6.45) is 1.87. The SMILES string of the molecule is c1ccc(-n2c3cc(-n4c5ccccc5c5ccccc54)ccc3c3ncccc32)cc1. The lowest BCUT2D eigenvalue weighted by molar-refractivity contribution is 1.15. The molecule has 3 aromatic heterocycles. The molecule has 0 N–H and O–H groups in total. The summed E-state index contributed by atoms with van der Waals surface area (Å²) >= 11 is 0. The topological polar surface area (TPSA) is 22.8 Å². The molecule has 4 aromatic carbocycles. The zero-order valence-electron chi connectivity index (χ0n) is 17.3. The minimum atomic E-state index is 1.03. The Bertz CT molecular complexity index is 1720. The van der Waals surface area contributed by atoms with Crippen molar-refractivity contribution in [2.24, 2.45) is 0 Å². The molecule has 0 atom stereocenters. The van der Waals surface area contributed by atoms with Crippen LogP contribution in [-0.2, 0) is 0 Å². The van der Waals surface area contributed by atoms with Crippen LogP contribution in [0.5, 0.6) is 0 Å². The van der Waals surface area contributed by atoms with E-state index in [4.69, 9.17) is 4.98 Å². The fourth-order valence-corrected chi connectivity index (χ4v) is 5.01. The third-order valence-corrected chi connectivity index (χ3v) is 6.36. The van der Waals surface area contributed by atoms with Crippen molar-refractivity contribution in [1.29, 1.82) is 0 Å². The maximum absolute atomic E-state index is 4.72. The Morgan fingerprint density at radius 2 is 1.06 bits per heavy atom. The molecule has 0 fully saturated rings. The molecule has 0 aliphatic heterocycles. The monoisotopic (exact) mass is 409 g/mol. The van der Waals surface area contributed by atoms with Gasteiger partial charge in [-0.3, -0.25) is 4.98 Å². The van der Waals surface area contributed by atoms with Crippen LogP contribution in [0.1, 0.15) is 0 Å². The number of hydrogen-bond acceptors (Lipinski definition) is 1. The molecule has 32 heavy (non-hydrogen) atoms. The van der Waals surface area contributed by atoms with Crippen LogP contribution in [0, 0.1) is 0 Å². The van der Waals surface area contributed by atoms with Gasteiger partial charge in [-0.25, -0.2) is 0 Å². The van der Waals surface area contributed by atoms with Crippen molar-refractivity contribution in [2.75, 3.05) is 0 Å². The number of aromatic nitrogens is 3. The highest BCUT2D eigenvalue weighted by atomic mass is 15.0. The van der Waals surface area contributed by atoms with E-state index in [2.05, 4.69) is 112 Å². The number of rotatable bonds is 2. The van der Waals surface area contributed by atoms with Gasteiger partial charge in [-0.05, 0) is 54.6 Å². The molecule has 0 radical (unpaired) electrons. The van der Waals surface area contributed by atoms with Crippen LogP contribution in [0.3, 0.4) is 0 Å². The molecule has 0 amide bonds. The Hall–Kier alpha value is -4.37. The summed E-state index contributed by atoms with van der Waals surface area (Å²) in [7, 11) is 0. The van der Waals surface area contributed by atoms with Crippen molar-refractivity contribution in [3.8, 4) is 11.4 Å². The van der Waals surface area contributed by atoms with Crippen molar-refractivity contribution < 1.29 is 0 Å². The number of benzene rings is 4. The first-order chi connectivity index (χ1) is 15.9. The van der Waals surface area contributed by atoms with E-state index in [9.17, 15) is 0 Å². The molecule has 150 valence electrons. The van der Waals surface area contributed by atoms with E-state index < -0.39 is 0 Å². The molecule has 0 saturated carbocycles. The van der Waals surface area contributed by atoms with E-state index in [1.165, 1.54) is 21.8 Å². The predicted octanol–water partition coefficient (Wildman–Crippen LogP) is 7.28. The lowest BCUT2D eigenvalue weighted by atomic mass is 10.2. The highest BCUT2D eigenvalue weighted by molar-refractivity contribution is 6.11. The highest BCUT2D eigenvalue weighted by Crippen LogP contribution is 2.35. The zero-order chi connectivity index (χ0) is 21.1. The van der Waals surface area contributed by atoms with Gasteiger partial charge in [0.2, 0.25) is 0 Å². The van der Waals surface area contributed by atoms with Gasteiger partial charge >= 0.3 is 0 Å². The van der Waals surface area contributed by atoms with Crippen LogP contribution in [0.25, 0.3) is 55.1 Å². The van der Waals surface area contributed by atoms with Gasteiger partial charge < -0.3 is 9.13 Å². The number of pyridine rings is 1. The van der Waals surface area contributed by atoms with Gasteiger partial charge in [0.15, 0.2) is 0 Å². The minimum Gasteiger partial charge on any atom is -0.309 e. The van der Waals surface area contributed by atoms with Gasteiger partial charge in [0.05, 0.1) is 27.6 Å². The summed E-state index contributed by atoms with van der Waals surface area (Å²) in [5.74, 6) is 0. The van der Waals surface area contributed by atoms with E-state index in [0.29, 0.717) is 0 Å². The quantitative estimate of drug-likeness (QED) is 0.294. The Kier molecular flexibility index (Phi) is 3.55. The van der Waals surface area contributed by atoms with Gasteiger partial charge in [0.25, 0.3) is 0 Å². The van der Waals surface area contributed by atoms with E-state index in [1.54, 1.807) is 0 Å². The predicted molar refractivity (Wildman–Crippen MR) is 133 cm³/mol. The first-order valence-electron chi connectivity index (χ1n) is 10.8. The fourth-order valence-electron chi connectivity index (χ4n) is 5.01. The van der Waals surface area contributed by atoms with Crippen molar-refractivity contribution in [3.05, 3.63) is 115 Å². The smallest absolute Gasteiger partial charge is 0.0963 e. The van der Waals surface area contributed by atoms with Crippen molar-refractivity contribution in [2.45, 2.75) is 0 Å². The maximum atomic E-state index is 4.72. The van der Waals surface area contributed by atoms with E-state index >= 15 is 0 Å². The summed E-state index contributed by atoms with van der Waals surface area (Å²) < 4.78 is 4.68. The second-order valence-electron chi connectivity index (χ2n) is 8.11. The Labute approximate surface area is 184 Å². The molecule has 0 aliphatic rings. The molecular formula is C29H19N3. The molecule has 0 aliphatic carbocycles. The molecule has 0 unspecified atom stereocenters. The van der Waals surface area contributed by atoms with Crippen LogP contribution in [0.4, 0.5) is 0 Å². The Balaban J connectivity index is 1.62. The molecule has 3 heterocycles. The summed E-state index contributed by atoms with van der Waals surface area (Å²) in [6.45, 7) is 0. The standard InChI is InChI=1S/C29H19N3/c1-2-9-20(10-3-1)31-27-15-8-18-30-29(27)24-17-16-21(19-28(24)31)32-25-13-6-4-11-22(25)23-12-5-7-14-26(23)32/h1-19H. The first-order valence-corrected chi connectivity index (χ1v) is 10.8. The van der Waals surface area contributed by atoms with Gasteiger partial charge in [-0.15, -0.1) is 0 Å².